The molecule has 2 aromatic rings. The summed E-state index contributed by atoms with van der Waals surface area (Å²) < 4.78 is 0. The van der Waals surface area contributed by atoms with Crippen molar-refractivity contribution in [1.29, 1.82) is 0 Å². The molecule has 1 atom stereocenters. The lowest BCUT2D eigenvalue weighted by Crippen LogP contribution is -2.61. The number of hydrogen-bond donors (Lipinski definition) is 3. The molecule has 2 aromatic heterocycles. The fraction of sp³-hybridized carbons (Fsp3) is 0.632. The van der Waals surface area contributed by atoms with Gasteiger partial charge in [0.25, 0.3) is 0 Å². The molecular formula is C19H28N6OS. The van der Waals surface area contributed by atoms with Gasteiger partial charge >= 0.3 is 0 Å². The van der Waals surface area contributed by atoms with E-state index in [9.17, 15) is 4.79 Å². The molecular weight excluding hydrogens is 360 g/mol. The van der Waals surface area contributed by atoms with Crippen LogP contribution < -0.4 is 10.6 Å². The van der Waals surface area contributed by atoms with Crippen molar-refractivity contribution in [3.05, 3.63) is 33.8 Å². The second-order valence-corrected chi connectivity index (χ2v) is 8.95. The zero-order valence-electron chi connectivity index (χ0n) is 16.2. The summed E-state index contributed by atoms with van der Waals surface area (Å²) in [6.07, 6.45) is 4.34. The molecule has 0 bridgehead atoms. The Labute approximate surface area is 164 Å². The lowest BCUT2D eigenvalue weighted by molar-refractivity contribution is -0.124. The largest absolute Gasteiger partial charge is 0.353 e. The van der Waals surface area contributed by atoms with Crippen LogP contribution in [-0.2, 0) is 23.3 Å². The molecule has 146 valence electrons. The van der Waals surface area contributed by atoms with Gasteiger partial charge in [-0.1, -0.05) is 0 Å². The number of imidazole rings is 1. The third-order valence-electron chi connectivity index (χ3n) is 5.70. The van der Waals surface area contributed by atoms with Crippen molar-refractivity contribution in [2.24, 2.45) is 0 Å². The summed E-state index contributed by atoms with van der Waals surface area (Å²) in [6.45, 7) is 8.99. The predicted molar refractivity (Wildman–Crippen MR) is 106 cm³/mol. The number of aryl methyl sites for hydroxylation is 1. The molecule has 3 N–H and O–H groups in total. The van der Waals surface area contributed by atoms with E-state index in [1.54, 1.807) is 17.7 Å². The first-order chi connectivity index (χ1) is 13.0. The highest BCUT2D eigenvalue weighted by Gasteiger charge is 2.45. The minimum absolute atomic E-state index is 0.0762. The second kappa shape index (κ2) is 7.33. The van der Waals surface area contributed by atoms with Gasteiger partial charge in [0.2, 0.25) is 5.91 Å². The topological polar surface area (TPSA) is 85.9 Å². The highest BCUT2D eigenvalue weighted by molar-refractivity contribution is 7.09. The SMILES string of the molecule is Cc1ncsc1CN1CCC2(CC1)N[C@H](C(=O)NC(C)C)Cc1[nH]cnc12. The van der Waals surface area contributed by atoms with Crippen LogP contribution in [0.3, 0.4) is 0 Å². The molecule has 0 aromatic carbocycles. The zero-order chi connectivity index (χ0) is 19.0. The van der Waals surface area contributed by atoms with Crippen LogP contribution in [0.15, 0.2) is 11.8 Å². The molecule has 1 spiro atoms. The number of rotatable bonds is 4. The number of aromatic amines is 1. The molecule has 2 aliphatic heterocycles. The number of piperidine rings is 1. The summed E-state index contributed by atoms with van der Waals surface area (Å²) in [5, 5.41) is 6.73. The Morgan fingerprint density at radius 2 is 2.19 bits per heavy atom. The van der Waals surface area contributed by atoms with Crippen LogP contribution in [0, 0.1) is 6.92 Å². The van der Waals surface area contributed by atoms with E-state index >= 15 is 0 Å². The van der Waals surface area contributed by atoms with Crippen LogP contribution in [0.25, 0.3) is 0 Å². The molecule has 0 aliphatic carbocycles. The first-order valence-electron chi connectivity index (χ1n) is 9.69. The molecule has 4 rings (SSSR count). The molecule has 8 heteroatoms. The van der Waals surface area contributed by atoms with Gasteiger partial charge < -0.3 is 10.3 Å². The van der Waals surface area contributed by atoms with E-state index in [0.29, 0.717) is 6.42 Å². The number of likely N-dealkylation sites (tertiary alicyclic amines) is 1. The Morgan fingerprint density at radius 1 is 1.41 bits per heavy atom. The van der Waals surface area contributed by atoms with Gasteiger partial charge in [-0.2, -0.15) is 0 Å². The fourth-order valence-electron chi connectivity index (χ4n) is 4.24. The van der Waals surface area contributed by atoms with Gasteiger partial charge in [-0.05, 0) is 33.6 Å². The molecule has 4 heterocycles. The lowest BCUT2D eigenvalue weighted by atomic mass is 9.78. The number of fused-ring (bicyclic) bond motifs is 2. The molecule has 1 fully saturated rings. The van der Waals surface area contributed by atoms with E-state index < -0.39 is 0 Å². The van der Waals surface area contributed by atoms with Gasteiger partial charge in [0.15, 0.2) is 0 Å². The first kappa shape index (κ1) is 18.6. The minimum atomic E-state index is -0.216. The Hall–Kier alpha value is -1.77. The monoisotopic (exact) mass is 388 g/mol. The molecule has 27 heavy (non-hydrogen) atoms. The number of amides is 1. The summed E-state index contributed by atoms with van der Waals surface area (Å²) in [7, 11) is 0. The van der Waals surface area contributed by atoms with Crippen molar-refractivity contribution in [1.82, 2.24) is 30.5 Å². The van der Waals surface area contributed by atoms with Gasteiger partial charge in [0, 0.05) is 42.7 Å². The highest BCUT2D eigenvalue weighted by Crippen LogP contribution is 2.38. The van der Waals surface area contributed by atoms with Crippen LogP contribution in [0.1, 0.15) is 48.6 Å². The van der Waals surface area contributed by atoms with E-state index in [0.717, 1.165) is 49.6 Å². The number of H-pyrrole nitrogens is 1. The van der Waals surface area contributed by atoms with Crippen molar-refractivity contribution in [2.75, 3.05) is 13.1 Å². The molecule has 0 unspecified atom stereocenters. The lowest BCUT2D eigenvalue weighted by Gasteiger charge is -2.46. The van der Waals surface area contributed by atoms with Gasteiger partial charge in [-0.3, -0.25) is 15.0 Å². The van der Waals surface area contributed by atoms with Crippen LogP contribution in [0.5, 0.6) is 0 Å². The summed E-state index contributed by atoms with van der Waals surface area (Å²) >= 11 is 1.73. The number of carbonyl (C=O) groups is 1. The van der Waals surface area contributed by atoms with E-state index in [1.165, 1.54) is 4.88 Å². The third kappa shape index (κ3) is 3.66. The van der Waals surface area contributed by atoms with E-state index in [1.807, 2.05) is 19.4 Å². The fourth-order valence-corrected chi connectivity index (χ4v) is 5.06. The van der Waals surface area contributed by atoms with Crippen molar-refractivity contribution < 1.29 is 4.79 Å². The quantitative estimate of drug-likeness (QED) is 0.742. The van der Waals surface area contributed by atoms with Gasteiger partial charge in [-0.15, -0.1) is 11.3 Å². The molecule has 1 amide bonds. The van der Waals surface area contributed by atoms with Crippen LogP contribution in [-0.4, -0.2) is 50.9 Å². The van der Waals surface area contributed by atoms with Gasteiger partial charge in [0.05, 0.1) is 34.8 Å². The average molecular weight is 389 g/mol. The Balaban J connectivity index is 1.49. The molecule has 0 radical (unpaired) electrons. The zero-order valence-corrected chi connectivity index (χ0v) is 17.0. The normalized spacial score (nSPS) is 22.1. The van der Waals surface area contributed by atoms with Crippen LogP contribution >= 0.6 is 11.3 Å². The Bertz CT molecular complexity index is 805. The van der Waals surface area contributed by atoms with Gasteiger partial charge in [0.1, 0.15) is 0 Å². The number of nitrogens with zero attached hydrogens (tertiary/aromatic N) is 3. The Morgan fingerprint density at radius 3 is 2.85 bits per heavy atom. The third-order valence-corrected chi connectivity index (χ3v) is 6.62. The molecule has 0 saturated carbocycles. The number of hydrogen-bond acceptors (Lipinski definition) is 6. The van der Waals surface area contributed by atoms with Crippen LogP contribution in [0.2, 0.25) is 0 Å². The van der Waals surface area contributed by atoms with Crippen LogP contribution in [0.4, 0.5) is 0 Å². The highest BCUT2D eigenvalue weighted by atomic mass is 32.1. The predicted octanol–water partition coefficient (Wildman–Crippen LogP) is 1.70. The van der Waals surface area contributed by atoms with Crippen molar-refractivity contribution in [2.45, 2.75) is 64.2 Å². The van der Waals surface area contributed by atoms with Crippen molar-refractivity contribution in [3.63, 3.8) is 0 Å². The summed E-state index contributed by atoms with van der Waals surface area (Å²) in [5.41, 5.74) is 5.05. The van der Waals surface area contributed by atoms with E-state index in [4.69, 9.17) is 0 Å². The summed E-state index contributed by atoms with van der Waals surface area (Å²) in [6, 6.07) is -0.0708. The number of thiazole rings is 1. The maximum atomic E-state index is 12.7. The minimum Gasteiger partial charge on any atom is -0.353 e. The average Bonchev–Trinajstić information content (AvgIpc) is 3.26. The molecule has 1 saturated heterocycles. The Kier molecular flexibility index (Phi) is 5.05. The van der Waals surface area contributed by atoms with E-state index in [-0.39, 0.29) is 23.5 Å². The maximum Gasteiger partial charge on any atom is 0.237 e. The second-order valence-electron chi connectivity index (χ2n) is 8.01. The molecule has 7 nitrogen and oxygen atoms in total. The summed E-state index contributed by atoms with van der Waals surface area (Å²) in [4.78, 5) is 28.7. The number of aromatic nitrogens is 3. The molecule has 2 aliphatic rings. The number of nitrogens with one attached hydrogen (secondary N) is 3. The van der Waals surface area contributed by atoms with Gasteiger partial charge in [-0.25, -0.2) is 9.97 Å². The number of carbonyl (C=O) groups excluding carboxylic acids is 1. The standard InChI is InChI=1S/C19H28N6OS/c1-12(2)23-18(26)15-8-14-17(21-10-20-14)19(24-15)4-6-25(7-5-19)9-16-13(3)22-11-27-16/h10-12,15,24H,4-9H2,1-3H3,(H,20,21)(H,23,26)/t15-/m0/s1. The summed E-state index contributed by atoms with van der Waals surface area (Å²) in [5.74, 6) is 0.0762. The first-order valence-corrected chi connectivity index (χ1v) is 10.6. The maximum absolute atomic E-state index is 12.7. The van der Waals surface area contributed by atoms with Crippen molar-refractivity contribution >= 4 is 17.2 Å². The van der Waals surface area contributed by atoms with Crippen molar-refractivity contribution in [3.8, 4) is 0 Å². The van der Waals surface area contributed by atoms with E-state index in [2.05, 4.69) is 37.4 Å². The smallest absolute Gasteiger partial charge is 0.237 e.